The third-order valence-electron chi connectivity index (χ3n) is 2.15. The van der Waals surface area contributed by atoms with E-state index in [0.29, 0.717) is 11.6 Å². The molecule has 0 bridgehead atoms. The molecule has 0 unspecified atom stereocenters. The highest BCUT2D eigenvalue weighted by Gasteiger charge is 2.08. The molecule has 7 heteroatoms. The predicted molar refractivity (Wildman–Crippen MR) is 66.9 cm³/mol. The molecule has 0 spiro atoms. The van der Waals surface area contributed by atoms with Gasteiger partial charge in [-0.25, -0.2) is 23.4 Å². The molecule has 0 saturated heterocycles. The lowest BCUT2D eigenvalue weighted by molar-refractivity contribution is 0.605. The summed E-state index contributed by atoms with van der Waals surface area (Å²) in [6, 6.07) is 6.22. The first-order valence-corrected chi connectivity index (χ1v) is 6.53. The van der Waals surface area contributed by atoms with Crippen molar-refractivity contribution in [3.05, 3.63) is 48.9 Å². The van der Waals surface area contributed by atoms with Gasteiger partial charge in [-0.3, -0.25) is 0 Å². The molecule has 6 nitrogen and oxygen atoms in total. The van der Waals surface area contributed by atoms with E-state index in [0.717, 1.165) is 5.41 Å². The summed E-state index contributed by atoms with van der Waals surface area (Å²) in [6.45, 7) is 3.27. The van der Waals surface area contributed by atoms with Crippen molar-refractivity contribution in [2.45, 2.75) is 4.90 Å². The first kappa shape index (κ1) is 12.2. The minimum absolute atomic E-state index is 0.193. The van der Waals surface area contributed by atoms with Crippen molar-refractivity contribution < 1.29 is 8.42 Å². The molecule has 0 fully saturated rings. The molecule has 92 valence electrons. The number of benzene rings is 1. The highest BCUT2D eigenvalue weighted by molar-refractivity contribution is 7.94. The van der Waals surface area contributed by atoms with Crippen LogP contribution in [0, 0.1) is 0 Å². The van der Waals surface area contributed by atoms with Crippen molar-refractivity contribution in [3.8, 4) is 0 Å². The van der Waals surface area contributed by atoms with Gasteiger partial charge in [-0.15, -0.1) is 0 Å². The third kappa shape index (κ3) is 2.69. The first-order chi connectivity index (χ1) is 8.62. The summed E-state index contributed by atoms with van der Waals surface area (Å²) in [5.74, 6) is 0.393. The maximum absolute atomic E-state index is 11.5. The number of nitrogens with zero attached hydrogens (tertiary/aromatic N) is 3. The van der Waals surface area contributed by atoms with E-state index in [1.807, 2.05) is 0 Å². The number of hydrogen-bond donors (Lipinski definition) is 1. The second-order valence-electron chi connectivity index (χ2n) is 3.32. The monoisotopic (exact) mass is 262 g/mol. The second-order valence-corrected chi connectivity index (χ2v) is 5.22. The van der Waals surface area contributed by atoms with Gasteiger partial charge in [0.05, 0.1) is 4.90 Å². The van der Waals surface area contributed by atoms with Gasteiger partial charge in [0.25, 0.3) is 0 Å². The standard InChI is InChI=1S/C11H10N4O2S/c1-2-18(16,17)10-5-3-9(4-6-10)15-11-13-7-12-8-14-11/h2-8H,1H2,(H,12,13,14,15). The molecular formula is C11H10N4O2S. The Morgan fingerprint density at radius 1 is 1.11 bits per heavy atom. The largest absolute Gasteiger partial charge is 0.324 e. The molecular weight excluding hydrogens is 252 g/mol. The zero-order chi connectivity index (χ0) is 13.0. The molecule has 0 aliphatic rings. The van der Waals surface area contributed by atoms with E-state index in [4.69, 9.17) is 0 Å². The lowest BCUT2D eigenvalue weighted by Gasteiger charge is -2.04. The lowest BCUT2D eigenvalue weighted by Crippen LogP contribution is -1.98. The number of sulfone groups is 1. The summed E-state index contributed by atoms with van der Waals surface area (Å²) in [5, 5.41) is 3.84. The molecule has 0 aliphatic heterocycles. The summed E-state index contributed by atoms with van der Waals surface area (Å²) in [5.41, 5.74) is 0.684. The maximum Gasteiger partial charge on any atom is 0.230 e. The van der Waals surface area contributed by atoms with Crippen LogP contribution in [0.5, 0.6) is 0 Å². The topological polar surface area (TPSA) is 84.8 Å². The van der Waals surface area contributed by atoms with Crippen LogP contribution < -0.4 is 5.32 Å². The van der Waals surface area contributed by atoms with E-state index in [9.17, 15) is 8.42 Å². The van der Waals surface area contributed by atoms with Gasteiger partial charge >= 0.3 is 0 Å². The number of aromatic nitrogens is 3. The fraction of sp³-hybridized carbons (Fsp3) is 0. The number of hydrogen-bond acceptors (Lipinski definition) is 6. The maximum atomic E-state index is 11.5. The number of rotatable bonds is 4. The molecule has 1 aromatic heterocycles. The molecule has 0 saturated carbocycles. The Hall–Kier alpha value is -2.28. The van der Waals surface area contributed by atoms with Gasteiger partial charge in [0.1, 0.15) is 12.7 Å². The van der Waals surface area contributed by atoms with Crippen LogP contribution in [0.3, 0.4) is 0 Å². The van der Waals surface area contributed by atoms with Crippen molar-refractivity contribution in [1.29, 1.82) is 0 Å². The molecule has 2 aromatic rings. The van der Waals surface area contributed by atoms with Crippen LogP contribution >= 0.6 is 0 Å². The summed E-state index contributed by atoms with van der Waals surface area (Å²) < 4.78 is 23.0. The summed E-state index contributed by atoms with van der Waals surface area (Å²) in [4.78, 5) is 11.7. The third-order valence-corrected chi connectivity index (χ3v) is 3.52. The Morgan fingerprint density at radius 2 is 1.72 bits per heavy atom. The average molecular weight is 262 g/mol. The van der Waals surface area contributed by atoms with Gasteiger partial charge in [-0.2, -0.15) is 0 Å². The highest BCUT2D eigenvalue weighted by atomic mass is 32.2. The number of nitrogens with one attached hydrogen (secondary N) is 1. The zero-order valence-corrected chi connectivity index (χ0v) is 10.1. The van der Waals surface area contributed by atoms with Crippen LogP contribution in [-0.4, -0.2) is 23.4 Å². The molecule has 0 atom stereocenters. The van der Waals surface area contributed by atoms with Crippen molar-refractivity contribution in [2.75, 3.05) is 5.32 Å². The molecule has 0 aliphatic carbocycles. The van der Waals surface area contributed by atoms with E-state index in [-0.39, 0.29) is 4.90 Å². The molecule has 0 amide bonds. The van der Waals surface area contributed by atoms with Crippen LogP contribution in [0.4, 0.5) is 11.6 Å². The van der Waals surface area contributed by atoms with Crippen LogP contribution in [0.25, 0.3) is 0 Å². The molecule has 1 heterocycles. The minimum atomic E-state index is -3.39. The van der Waals surface area contributed by atoms with Crippen LogP contribution in [0.15, 0.2) is 53.8 Å². The van der Waals surface area contributed by atoms with Crippen LogP contribution in [-0.2, 0) is 9.84 Å². The van der Waals surface area contributed by atoms with Gasteiger partial charge in [-0.05, 0) is 24.3 Å². The van der Waals surface area contributed by atoms with Crippen LogP contribution in [0.2, 0.25) is 0 Å². The quantitative estimate of drug-likeness (QED) is 0.899. The summed E-state index contributed by atoms with van der Waals surface area (Å²) in [7, 11) is -3.39. The van der Waals surface area contributed by atoms with E-state index in [1.165, 1.54) is 24.8 Å². The zero-order valence-electron chi connectivity index (χ0n) is 9.31. The Balaban J connectivity index is 2.21. The Morgan fingerprint density at radius 3 is 2.28 bits per heavy atom. The normalized spacial score (nSPS) is 10.9. The van der Waals surface area contributed by atoms with Gasteiger partial charge < -0.3 is 5.32 Å². The fourth-order valence-corrected chi connectivity index (χ4v) is 1.96. The predicted octanol–water partition coefficient (Wildman–Crippen LogP) is 1.53. The SMILES string of the molecule is C=CS(=O)(=O)c1ccc(Nc2ncncn2)cc1. The molecule has 0 radical (unpaired) electrons. The summed E-state index contributed by atoms with van der Waals surface area (Å²) >= 11 is 0. The molecule has 2 rings (SSSR count). The first-order valence-electron chi connectivity index (χ1n) is 4.98. The van der Waals surface area contributed by atoms with E-state index < -0.39 is 9.84 Å². The number of anilines is 2. The van der Waals surface area contributed by atoms with Gasteiger partial charge in [-0.1, -0.05) is 6.58 Å². The molecule has 1 N–H and O–H groups in total. The van der Waals surface area contributed by atoms with Gasteiger partial charge in [0.15, 0.2) is 9.84 Å². The van der Waals surface area contributed by atoms with Crippen molar-refractivity contribution in [3.63, 3.8) is 0 Å². The highest BCUT2D eigenvalue weighted by Crippen LogP contribution is 2.17. The van der Waals surface area contributed by atoms with E-state index in [1.54, 1.807) is 12.1 Å². The van der Waals surface area contributed by atoms with Crippen LogP contribution in [0.1, 0.15) is 0 Å². The van der Waals surface area contributed by atoms with Crippen molar-refractivity contribution in [2.24, 2.45) is 0 Å². The fourth-order valence-electron chi connectivity index (χ4n) is 1.26. The molecule has 1 aromatic carbocycles. The van der Waals surface area contributed by atoms with E-state index >= 15 is 0 Å². The lowest BCUT2D eigenvalue weighted by atomic mass is 10.3. The van der Waals surface area contributed by atoms with Crippen molar-refractivity contribution in [1.82, 2.24) is 15.0 Å². The van der Waals surface area contributed by atoms with Gasteiger partial charge in [0, 0.05) is 11.1 Å². The molecule has 18 heavy (non-hydrogen) atoms. The summed E-state index contributed by atoms with van der Waals surface area (Å²) in [6.07, 6.45) is 2.73. The average Bonchev–Trinajstić information content (AvgIpc) is 2.40. The van der Waals surface area contributed by atoms with E-state index in [2.05, 4.69) is 26.8 Å². The Bertz CT molecular complexity index is 639. The van der Waals surface area contributed by atoms with Gasteiger partial charge in [0.2, 0.25) is 5.95 Å². The Kier molecular flexibility index (Phi) is 3.33. The second kappa shape index (κ2) is 4.92. The van der Waals surface area contributed by atoms with Crippen molar-refractivity contribution >= 4 is 21.5 Å². The smallest absolute Gasteiger partial charge is 0.230 e. The Labute approximate surface area is 104 Å². The minimum Gasteiger partial charge on any atom is -0.324 e.